The van der Waals surface area contributed by atoms with E-state index in [1.165, 1.54) is 10.4 Å². The molecule has 1 aliphatic heterocycles. The number of hydrogen-bond donors (Lipinski definition) is 3. The zero-order valence-corrected chi connectivity index (χ0v) is 20.8. The van der Waals surface area contributed by atoms with E-state index in [-0.39, 0.29) is 17.3 Å². The van der Waals surface area contributed by atoms with E-state index in [4.69, 9.17) is 24.5 Å². The Labute approximate surface area is 210 Å². The molecule has 36 heavy (non-hydrogen) atoms. The summed E-state index contributed by atoms with van der Waals surface area (Å²) in [5.74, 6) is -3.06. The molecule has 0 atom stereocenters. The number of aliphatic carboxylic acids is 2. The van der Waals surface area contributed by atoms with Crippen molar-refractivity contribution >= 4 is 33.6 Å². The lowest BCUT2D eigenvalue weighted by molar-refractivity contribution is -0.159. The van der Waals surface area contributed by atoms with Gasteiger partial charge in [0.2, 0.25) is 15.9 Å². The molecule has 0 spiro atoms. The zero-order valence-electron chi connectivity index (χ0n) is 20.0. The average Bonchev–Trinajstić information content (AvgIpc) is 2.85. The number of sulfonamides is 1. The van der Waals surface area contributed by atoms with Gasteiger partial charge in [0.1, 0.15) is 12.4 Å². The highest BCUT2D eigenvalue weighted by molar-refractivity contribution is 7.89. The summed E-state index contributed by atoms with van der Waals surface area (Å²) >= 11 is 0. The molecule has 0 unspecified atom stereocenters. The third kappa shape index (κ3) is 9.64. The van der Waals surface area contributed by atoms with Crippen molar-refractivity contribution in [3.8, 4) is 5.75 Å². The predicted octanol–water partition coefficient (Wildman–Crippen LogP) is 1.97. The van der Waals surface area contributed by atoms with Crippen molar-refractivity contribution in [2.24, 2.45) is 0 Å². The Kier molecular flexibility index (Phi) is 11.3. The Hall–Kier alpha value is -3.48. The van der Waals surface area contributed by atoms with Crippen LogP contribution in [0.15, 0.2) is 59.5 Å². The van der Waals surface area contributed by atoms with Gasteiger partial charge < -0.3 is 20.3 Å². The molecule has 3 N–H and O–H groups in total. The topological polar surface area (TPSA) is 154 Å². The number of piperidine rings is 1. The number of carboxylic acid groups (broad SMARTS) is 2. The lowest BCUT2D eigenvalue weighted by Crippen LogP contribution is -2.35. The van der Waals surface area contributed by atoms with Crippen molar-refractivity contribution in [1.82, 2.24) is 9.21 Å². The van der Waals surface area contributed by atoms with Crippen LogP contribution in [-0.4, -0.2) is 85.5 Å². The molecule has 2 aromatic carbocycles. The highest BCUT2D eigenvalue weighted by Crippen LogP contribution is 2.22. The summed E-state index contributed by atoms with van der Waals surface area (Å²) in [5, 5.41) is 17.6. The summed E-state index contributed by atoms with van der Waals surface area (Å²) in [5.41, 5.74) is 0.479. The summed E-state index contributed by atoms with van der Waals surface area (Å²) in [6.07, 6.45) is 2.83. The number of anilines is 1. The van der Waals surface area contributed by atoms with Crippen molar-refractivity contribution < 1.29 is 37.8 Å². The molecule has 1 heterocycles. The van der Waals surface area contributed by atoms with E-state index in [0.29, 0.717) is 31.9 Å². The molecule has 1 aliphatic rings. The average molecular weight is 522 g/mol. The second-order valence-corrected chi connectivity index (χ2v) is 9.99. The second kappa shape index (κ2) is 14.2. The predicted molar refractivity (Wildman–Crippen MR) is 132 cm³/mol. The molecule has 1 saturated heterocycles. The van der Waals surface area contributed by atoms with Gasteiger partial charge in [0.25, 0.3) is 0 Å². The number of carboxylic acids is 2. The number of rotatable bonds is 9. The first kappa shape index (κ1) is 28.8. The van der Waals surface area contributed by atoms with E-state index in [1.807, 2.05) is 42.3 Å². The van der Waals surface area contributed by atoms with Crippen LogP contribution < -0.4 is 10.1 Å². The van der Waals surface area contributed by atoms with Gasteiger partial charge in [-0.25, -0.2) is 18.0 Å². The van der Waals surface area contributed by atoms with Crippen molar-refractivity contribution in [2.45, 2.75) is 24.2 Å². The molecule has 0 aliphatic carbocycles. The zero-order chi connectivity index (χ0) is 26.6. The monoisotopic (exact) mass is 521 g/mol. The van der Waals surface area contributed by atoms with Gasteiger partial charge in [0.05, 0.1) is 11.4 Å². The van der Waals surface area contributed by atoms with Gasteiger partial charge in [-0.05, 0) is 50.2 Å². The molecular weight excluding hydrogens is 490 g/mol. The smallest absolute Gasteiger partial charge is 0.414 e. The third-order valence-electron chi connectivity index (χ3n) is 5.15. The first-order chi connectivity index (χ1) is 17.1. The highest BCUT2D eigenvalue weighted by atomic mass is 32.2. The second-order valence-electron chi connectivity index (χ2n) is 8.05. The minimum atomic E-state index is -3.53. The van der Waals surface area contributed by atoms with Crippen LogP contribution in [0.5, 0.6) is 5.75 Å². The van der Waals surface area contributed by atoms with Crippen LogP contribution in [0.1, 0.15) is 19.3 Å². The van der Waals surface area contributed by atoms with Crippen LogP contribution in [0.4, 0.5) is 5.69 Å². The molecule has 3 rings (SSSR count). The van der Waals surface area contributed by atoms with E-state index < -0.39 is 22.0 Å². The minimum Gasteiger partial charge on any atom is -0.492 e. The van der Waals surface area contributed by atoms with Crippen LogP contribution in [0.25, 0.3) is 0 Å². The van der Waals surface area contributed by atoms with Crippen LogP contribution >= 0.6 is 0 Å². The van der Waals surface area contributed by atoms with Crippen LogP contribution in [-0.2, 0) is 24.4 Å². The fourth-order valence-corrected chi connectivity index (χ4v) is 4.91. The third-order valence-corrected chi connectivity index (χ3v) is 7.05. The molecule has 2 aromatic rings. The summed E-state index contributed by atoms with van der Waals surface area (Å²) in [6.45, 7) is 2.34. The Bertz CT molecular complexity index is 1110. The maximum atomic E-state index is 12.8. The summed E-state index contributed by atoms with van der Waals surface area (Å²) in [6, 6.07) is 16.0. The van der Waals surface area contributed by atoms with Gasteiger partial charge in [-0.1, -0.05) is 30.7 Å². The van der Waals surface area contributed by atoms with Gasteiger partial charge in [-0.3, -0.25) is 9.69 Å². The standard InChI is InChI=1S/C22H29N3O4S.C2H2O4/c1-24(15-16-29-20-10-4-2-5-11-20)18-22(26)23-19-9-8-12-21(17-19)30(27,28)25-13-6-3-7-14-25;3-1(4)2(5)6/h2,4-5,8-12,17H,3,6-7,13-16,18H2,1H3,(H,23,26);(H,3,4)(H,5,6). The molecule has 12 heteroatoms. The van der Waals surface area contributed by atoms with Crippen molar-refractivity contribution in [2.75, 3.05) is 45.2 Å². The molecule has 196 valence electrons. The van der Waals surface area contributed by atoms with Crippen molar-refractivity contribution in [3.63, 3.8) is 0 Å². The largest absolute Gasteiger partial charge is 0.492 e. The number of amides is 1. The first-order valence-electron chi connectivity index (χ1n) is 11.3. The van der Waals surface area contributed by atoms with Gasteiger partial charge >= 0.3 is 11.9 Å². The van der Waals surface area contributed by atoms with Crippen molar-refractivity contribution in [3.05, 3.63) is 54.6 Å². The van der Waals surface area contributed by atoms with Crippen LogP contribution in [0.2, 0.25) is 0 Å². The SMILES string of the molecule is CN(CCOc1ccccc1)CC(=O)Nc1cccc(S(=O)(=O)N2CCCCC2)c1.O=C(O)C(=O)O. The summed E-state index contributed by atoms with van der Waals surface area (Å²) in [4.78, 5) is 32.6. The summed E-state index contributed by atoms with van der Waals surface area (Å²) < 4.78 is 32.8. The van der Waals surface area contributed by atoms with Crippen LogP contribution in [0, 0.1) is 0 Å². The Balaban J connectivity index is 0.000000678. The molecule has 1 amide bonds. The molecule has 0 saturated carbocycles. The van der Waals surface area contributed by atoms with Gasteiger partial charge in [-0.2, -0.15) is 4.31 Å². The number of benzene rings is 2. The number of likely N-dealkylation sites (N-methyl/N-ethyl adjacent to an activating group) is 1. The van der Waals surface area contributed by atoms with Gasteiger partial charge in [0, 0.05) is 25.3 Å². The number of nitrogens with zero attached hydrogens (tertiary/aromatic N) is 2. The van der Waals surface area contributed by atoms with E-state index in [9.17, 15) is 13.2 Å². The van der Waals surface area contributed by atoms with E-state index >= 15 is 0 Å². The Morgan fingerprint density at radius 1 is 0.972 bits per heavy atom. The minimum absolute atomic E-state index is 0.182. The number of hydrogen-bond acceptors (Lipinski definition) is 7. The molecule has 11 nitrogen and oxygen atoms in total. The summed E-state index contributed by atoms with van der Waals surface area (Å²) in [7, 11) is -1.69. The maximum absolute atomic E-state index is 12.8. The Morgan fingerprint density at radius 3 is 2.22 bits per heavy atom. The number of ether oxygens (including phenoxy) is 1. The fourth-order valence-electron chi connectivity index (χ4n) is 3.35. The molecule has 0 radical (unpaired) electrons. The molecule has 0 aromatic heterocycles. The highest BCUT2D eigenvalue weighted by Gasteiger charge is 2.26. The van der Waals surface area contributed by atoms with E-state index in [1.54, 1.807) is 18.2 Å². The molecule has 0 bridgehead atoms. The number of carbonyl (C=O) groups excluding carboxylic acids is 1. The molecular formula is C24H31N3O8S. The Morgan fingerprint density at radius 2 is 1.61 bits per heavy atom. The molecule has 1 fully saturated rings. The first-order valence-corrected chi connectivity index (χ1v) is 12.8. The van der Waals surface area contributed by atoms with E-state index in [0.717, 1.165) is 25.0 Å². The van der Waals surface area contributed by atoms with Gasteiger partial charge in [0.15, 0.2) is 0 Å². The lowest BCUT2D eigenvalue weighted by atomic mass is 10.2. The van der Waals surface area contributed by atoms with Gasteiger partial charge in [-0.15, -0.1) is 0 Å². The number of nitrogens with one attached hydrogen (secondary N) is 1. The maximum Gasteiger partial charge on any atom is 0.414 e. The number of carbonyl (C=O) groups is 3. The lowest BCUT2D eigenvalue weighted by Gasteiger charge is -2.26. The van der Waals surface area contributed by atoms with Crippen molar-refractivity contribution in [1.29, 1.82) is 0 Å². The fraction of sp³-hybridized carbons (Fsp3) is 0.375. The van der Waals surface area contributed by atoms with Crippen LogP contribution in [0.3, 0.4) is 0 Å². The normalized spacial score (nSPS) is 13.8. The van der Waals surface area contributed by atoms with E-state index in [2.05, 4.69) is 5.32 Å². The number of para-hydroxylation sites is 1. The quantitative estimate of drug-likeness (QED) is 0.420.